The van der Waals surface area contributed by atoms with Gasteiger partial charge in [-0.3, -0.25) is 0 Å². The van der Waals surface area contributed by atoms with Crippen molar-refractivity contribution in [1.82, 2.24) is 14.9 Å². The third-order valence-corrected chi connectivity index (χ3v) is 13.0. The smallest absolute Gasteiger partial charge is 0.410 e. The molecule has 0 fully saturated rings. The first-order chi connectivity index (χ1) is 27.6. The van der Waals surface area contributed by atoms with Crippen LogP contribution in [0.15, 0.2) is 97.1 Å². The van der Waals surface area contributed by atoms with Gasteiger partial charge in [0.25, 0.3) is 8.53 Å². The Morgan fingerprint density at radius 2 is 1.19 bits per heavy atom. The van der Waals surface area contributed by atoms with Gasteiger partial charge in [-0.15, -0.1) is 0 Å². The summed E-state index contributed by atoms with van der Waals surface area (Å²) in [4.78, 5) is 29.2. The molecular weight excluding hydrogens is 736 g/mol. The second-order valence-electron chi connectivity index (χ2n) is 15.1. The van der Waals surface area contributed by atoms with E-state index < -0.39 is 32.9 Å². The Bertz CT molecular complexity index is 1930. The fourth-order valence-electron chi connectivity index (χ4n) is 8.31. The highest BCUT2D eigenvalue weighted by molar-refractivity contribution is 7.44. The molecule has 2 aliphatic carbocycles. The number of carbonyl (C=O) groups is 2. The minimum atomic E-state index is -1.57. The second kappa shape index (κ2) is 19.6. The highest BCUT2D eigenvalue weighted by Crippen LogP contribution is 2.48. The van der Waals surface area contributed by atoms with E-state index in [4.69, 9.17) is 18.5 Å². The van der Waals surface area contributed by atoms with Gasteiger partial charge in [-0.2, -0.15) is 5.26 Å². The number of hydrogen-bond donors (Lipinski definition) is 1. The van der Waals surface area contributed by atoms with Gasteiger partial charge in [-0.1, -0.05) is 104 Å². The van der Waals surface area contributed by atoms with Gasteiger partial charge >= 0.3 is 12.2 Å². The van der Waals surface area contributed by atoms with E-state index in [2.05, 4.69) is 92.3 Å². The summed E-state index contributed by atoms with van der Waals surface area (Å²) in [5.41, 5.74) is 9.14. The Hall–Kier alpha value is -4.78. The predicted octanol–water partition coefficient (Wildman–Crippen LogP) is 10.2. The molecule has 0 spiro atoms. The van der Waals surface area contributed by atoms with Gasteiger partial charge in [0, 0.05) is 37.0 Å². The topological polar surface area (TPSA) is 113 Å². The zero-order valence-electron chi connectivity index (χ0n) is 33.9. The number of nitrogens with one attached hydrogen (secondary N) is 1. The average molecular weight is 791 g/mol. The quantitative estimate of drug-likeness (QED) is 0.0783. The molecule has 0 aromatic heterocycles. The van der Waals surface area contributed by atoms with Gasteiger partial charge in [0.15, 0.2) is 0 Å². The molecular formula is C46H55N4O6P. The normalized spacial score (nSPS) is 14.7. The minimum Gasteiger partial charge on any atom is -0.449 e. The summed E-state index contributed by atoms with van der Waals surface area (Å²) in [6.45, 7) is 13.2. The Balaban J connectivity index is 1.17. The molecule has 0 saturated carbocycles. The molecule has 4 aromatic rings. The predicted molar refractivity (Wildman–Crippen MR) is 225 cm³/mol. The Morgan fingerprint density at radius 1 is 0.737 bits per heavy atom. The molecule has 0 bridgehead atoms. The number of nitrogens with zero attached hydrogens (tertiary/aromatic N) is 3. The summed E-state index contributed by atoms with van der Waals surface area (Å²) >= 11 is 0. The van der Waals surface area contributed by atoms with Crippen LogP contribution in [-0.4, -0.2) is 78.9 Å². The Morgan fingerprint density at radius 3 is 1.63 bits per heavy atom. The van der Waals surface area contributed by atoms with Gasteiger partial charge in [-0.05, 0) is 85.5 Å². The number of ether oxygens (including phenoxy) is 2. The molecule has 1 N–H and O–H groups in total. The van der Waals surface area contributed by atoms with E-state index in [9.17, 15) is 14.9 Å². The van der Waals surface area contributed by atoms with Crippen LogP contribution in [-0.2, 0) is 18.5 Å². The maximum absolute atomic E-state index is 14.3. The molecule has 300 valence electrons. The van der Waals surface area contributed by atoms with Crippen molar-refractivity contribution < 1.29 is 28.1 Å². The second-order valence-corrected chi connectivity index (χ2v) is 16.5. The third kappa shape index (κ3) is 9.51. The number of amides is 2. The summed E-state index contributed by atoms with van der Waals surface area (Å²) in [6.07, 6.45) is -0.724. The Kier molecular flexibility index (Phi) is 14.4. The SMILES string of the molecule is CCC(C(C)OP(OCCC#N)N(C(C)C)C(C)C)N(CCNC(=O)OCC1c2ccccc2-c2ccccc21)C(=O)OCC1c2ccccc2-c2ccccc21. The number of rotatable bonds is 18. The van der Waals surface area contributed by atoms with Crippen LogP contribution in [0.1, 0.15) is 88.5 Å². The van der Waals surface area contributed by atoms with E-state index in [1.807, 2.05) is 62.4 Å². The van der Waals surface area contributed by atoms with E-state index in [1.165, 1.54) is 0 Å². The summed E-state index contributed by atoms with van der Waals surface area (Å²) in [5, 5.41) is 12.1. The largest absolute Gasteiger partial charge is 0.449 e. The molecule has 11 heteroatoms. The molecule has 2 aliphatic rings. The van der Waals surface area contributed by atoms with Gasteiger partial charge in [0.2, 0.25) is 0 Å². The van der Waals surface area contributed by atoms with Crippen LogP contribution in [0.5, 0.6) is 0 Å². The molecule has 3 atom stereocenters. The maximum Gasteiger partial charge on any atom is 0.410 e. The van der Waals surface area contributed by atoms with E-state index in [0.717, 1.165) is 44.5 Å². The maximum atomic E-state index is 14.3. The molecule has 57 heavy (non-hydrogen) atoms. The van der Waals surface area contributed by atoms with Gasteiger partial charge < -0.3 is 28.7 Å². The van der Waals surface area contributed by atoms with Crippen molar-refractivity contribution in [2.24, 2.45) is 0 Å². The standard InChI is InChI=1S/C46H55N4O6P/c1-7-44(33(6)56-57(55-28-16-25-47)50(31(2)3)32(4)5)49(46(52)54-30-43-40-23-14-10-19-36(40)37-20-11-15-24-41(37)43)27-26-48-45(51)53-29-42-38-21-12-8-17-34(38)35-18-9-13-22-39(35)42/h8-15,17-24,31-33,42-44H,7,16,26-30H2,1-6H3,(H,48,51). The molecule has 2 amide bonds. The number of carbonyl (C=O) groups excluding carboxylic acids is 2. The molecule has 3 unspecified atom stereocenters. The number of hydrogen-bond acceptors (Lipinski definition) is 8. The highest BCUT2D eigenvalue weighted by atomic mass is 31.2. The highest BCUT2D eigenvalue weighted by Gasteiger charge is 2.36. The van der Waals surface area contributed by atoms with Crippen LogP contribution in [0.25, 0.3) is 22.3 Å². The molecule has 4 aromatic carbocycles. The number of fused-ring (bicyclic) bond motifs is 6. The first-order valence-electron chi connectivity index (χ1n) is 20.1. The fourth-order valence-corrected chi connectivity index (χ4v) is 10.0. The molecule has 0 heterocycles. The van der Waals surface area contributed by atoms with E-state index in [0.29, 0.717) is 6.42 Å². The zero-order chi connectivity index (χ0) is 40.5. The molecule has 0 saturated heterocycles. The molecule has 0 aliphatic heterocycles. The average Bonchev–Trinajstić information content (AvgIpc) is 3.70. The lowest BCUT2D eigenvalue weighted by atomic mass is 9.98. The lowest BCUT2D eigenvalue weighted by Crippen LogP contribution is -2.50. The number of nitriles is 1. The van der Waals surface area contributed by atoms with Crippen molar-refractivity contribution >= 4 is 20.7 Å². The summed E-state index contributed by atoms with van der Waals surface area (Å²) in [7, 11) is -1.57. The zero-order valence-corrected chi connectivity index (χ0v) is 34.8. The van der Waals surface area contributed by atoms with Gasteiger partial charge in [-0.25, -0.2) is 14.3 Å². The monoisotopic (exact) mass is 790 g/mol. The first-order valence-corrected chi connectivity index (χ1v) is 21.2. The third-order valence-electron chi connectivity index (χ3n) is 10.8. The van der Waals surface area contributed by atoms with Crippen LogP contribution < -0.4 is 5.32 Å². The number of benzene rings is 4. The lowest BCUT2D eigenvalue weighted by Gasteiger charge is -2.40. The van der Waals surface area contributed by atoms with Crippen molar-refractivity contribution in [3.63, 3.8) is 0 Å². The van der Waals surface area contributed by atoms with Crippen LogP contribution in [0.2, 0.25) is 0 Å². The fraction of sp³-hybridized carbons (Fsp3) is 0.413. The lowest BCUT2D eigenvalue weighted by molar-refractivity contribution is 0.0385. The number of alkyl carbamates (subject to hydrolysis) is 1. The van der Waals surface area contributed by atoms with Crippen molar-refractivity contribution in [3.05, 3.63) is 119 Å². The van der Waals surface area contributed by atoms with Crippen molar-refractivity contribution in [3.8, 4) is 28.3 Å². The summed E-state index contributed by atoms with van der Waals surface area (Å²) in [6, 6.07) is 34.9. The van der Waals surface area contributed by atoms with Gasteiger partial charge in [0.05, 0.1) is 31.2 Å². The van der Waals surface area contributed by atoms with Crippen LogP contribution >= 0.6 is 8.53 Å². The van der Waals surface area contributed by atoms with Gasteiger partial charge in [0.1, 0.15) is 13.2 Å². The van der Waals surface area contributed by atoms with Crippen molar-refractivity contribution in [2.45, 2.75) is 90.4 Å². The molecule has 0 radical (unpaired) electrons. The van der Waals surface area contributed by atoms with Crippen LogP contribution in [0, 0.1) is 11.3 Å². The van der Waals surface area contributed by atoms with Crippen molar-refractivity contribution in [1.29, 1.82) is 5.26 Å². The van der Waals surface area contributed by atoms with Crippen molar-refractivity contribution in [2.75, 3.05) is 32.9 Å². The molecule has 10 nitrogen and oxygen atoms in total. The van der Waals surface area contributed by atoms with Crippen LogP contribution in [0.4, 0.5) is 9.59 Å². The minimum absolute atomic E-state index is 0.0653. The van der Waals surface area contributed by atoms with E-state index in [-0.39, 0.29) is 63.3 Å². The Labute approximate surface area is 339 Å². The first kappa shape index (κ1) is 41.8. The van der Waals surface area contributed by atoms with E-state index in [1.54, 1.807) is 4.90 Å². The molecule has 6 rings (SSSR count). The summed E-state index contributed by atoms with van der Waals surface area (Å²) < 4.78 is 27.1. The summed E-state index contributed by atoms with van der Waals surface area (Å²) in [5.74, 6) is -0.174. The van der Waals surface area contributed by atoms with E-state index >= 15 is 0 Å². The van der Waals surface area contributed by atoms with Crippen LogP contribution in [0.3, 0.4) is 0 Å².